The Morgan fingerprint density at radius 3 is 2.84 bits per heavy atom. The molecule has 1 aliphatic carbocycles. The molecule has 0 radical (unpaired) electrons. The van der Waals surface area contributed by atoms with E-state index in [0.29, 0.717) is 18.5 Å². The van der Waals surface area contributed by atoms with Gasteiger partial charge in [-0.1, -0.05) is 6.07 Å². The molecule has 1 aromatic rings. The summed E-state index contributed by atoms with van der Waals surface area (Å²) in [5.41, 5.74) is 0.890. The van der Waals surface area contributed by atoms with Gasteiger partial charge >= 0.3 is 6.18 Å². The summed E-state index contributed by atoms with van der Waals surface area (Å²) in [6, 6.07) is 4.24. The standard InChI is InChI=1S/C13H17F3N2O/c14-13(15,16)6-2-8-19-12-10(3-1-7-17-12)9-18-11-4-5-11/h1,3,7,11,18H,2,4-6,8-9H2. The Hall–Kier alpha value is -1.30. The second-order valence-electron chi connectivity index (χ2n) is 4.69. The average Bonchev–Trinajstić information content (AvgIpc) is 3.16. The molecule has 19 heavy (non-hydrogen) atoms. The zero-order valence-corrected chi connectivity index (χ0v) is 10.5. The van der Waals surface area contributed by atoms with Gasteiger partial charge in [0.1, 0.15) is 0 Å². The summed E-state index contributed by atoms with van der Waals surface area (Å²) in [4.78, 5) is 4.07. The number of aromatic nitrogens is 1. The van der Waals surface area contributed by atoms with E-state index in [1.165, 1.54) is 12.8 Å². The van der Waals surface area contributed by atoms with Crippen molar-refractivity contribution < 1.29 is 17.9 Å². The van der Waals surface area contributed by atoms with Crippen molar-refractivity contribution in [2.75, 3.05) is 6.61 Å². The summed E-state index contributed by atoms with van der Waals surface area (Å²) in [5, 5.41) is 3.33. The molecule has 0 spiro atoms. The van der Waals surface area contributed by atoms with E-state index < -0.39 is 12.6 Å². The number of nitrogens with zero attached hydrogens (tertiary/aromatic N) is 1. The first-order valence-corrected chi connectivity index (χ1v) is 6.41. The molecule has 0 bridgehead atoms. The van der Waals surface area contributed by atoms with Crippen LogP contribution >= 0.6 is 0 Å². The average molecular weight is 274 g/mol. The SMILES string of the molecule is FC(F)(F)CCCOc1ncccc1CNC1CC1. The van der Waals surface area contributed by atoms with Gasteiger partial charge in [0.2, 0.25) is 5.88 Å². The molecule has 0 aromatic carbocycles. The topological polar surface area (TPSA) is 34.1 Å². The highest BCUT2D eigenvalue weighted by atomic mass is 19.4. The first-order chi connectivity index (χ1) is 9.04. The van der Waals surface area contributed by atoms with Gasteiger partial charge in [-0.2, -0.15) is 13.2 Å². The molecule has 0 saturated heterocycles. The molecule has 0 aliphatic heterocycles. The van der Waals surface area contributed by atoms with Crippen LogP contribution in [-0.2, 0) is 6.54 Å². The van der Waals surface area contributed by atoms with Gasteiger partial charge in [0.15, 0.2) is 0 Å². The smallest absolute Gasteiger partial charge is 0.389 e. The van der Waals surface area contributed by atoms with Crippen molar-refractivity contribution in [3.8, 4) is 5.88 Å². The lowest BCUT2D eigenvalue weighted by molar-refractivity contribution is -0.136. The Kier molecular flexibility index (Phi) is 4.63. The number of hydrogen-bond acceptors (Lipinski definition) is 3. The van der Waals surface area contributed by atoms with Crippen molar-refractivity contribution >= 4 is 0 Å². The van der Waals surface area contributed by atoms with E-state index in [1.54, 1.807) is 12.3 Å². The lowest BCUT2D eigenvalue weighted by atomic mass is 10.2. The molecule has 1 aromatic heterocycles. The van der Waals surface area contributed by atoms with Gasteiger partial charge < -0.3 is 10.1 Å². The molecule has 1 aliphatic rings. The third-order valence-corrected chi connectivity index (χ3v) is 2.85. The van der Waals surface area contributed by atoms with Crippen LogP contribution in [0.5, 0.6) is 5.88 Å². The summed E-state index contributed by atoms with van der Waals surface area (Å²) in [5.74, 6) is 0.429. The van der Waals surface area contributed by atoms with Crippen molar-refractivity contribution in [3.63, 3.8) is 0 Å². The van der Waals surface area contributed by atoms with E-state index in [2.05, 4.69) is 10.3 Å². The largest absolute Gasteiger partial charge is 0.477 e. The van der Waals surface area contributed by atoms with E-state index in [1.807, 2.05) is 6.07 Å². The van der Waals surface area contributed by atoms with Crippen LogP contribution in [0.15, 0.2) is 18.3 Å². The molecule has 0 unspecified atom stereocenters. The maximum absolute atomic E-state index is 12.0. The Morgan fingerprint density at radius 2 is 2.16 bits per heavy atom. The lowest BCUT2D eigenvalue weighted by Crippen LogP contribution is -2.17. The lowest BCUT2D eigenvalue weighted by Gasteiger charge is -2.11. The molecule has 106 valence electrons. The Morgan fingerprint density at radius 1 is 1.37 bits per heavy atom. The fourth-order valence-electron chi connectivity index (χ4n) is 1.67. The van der Waals surface area contributed by atoms with Crippen LogP contribution in [0.3, 0.4) is 0 Å². The van der Waals surface area contributed by atoms with E-state index in [0.717, 1.165) is 5.56 Å². The molecular weight excluding hydrogens is 257 g/mol. The number of nitrogens with one attached hydrogen (secondary N) is 1. The minimum absolute atomic E-state index is 0.0347. The molecule has 1 fully saturated rings. The Bertz CT molecular complexity index is 405. The van der Waals surface area contributed by atoms with E-state index >= 15 is 0 Å². The maximum atomic E-state index is 12.0. The molecule has 1 heterocycles. The van der Waals surface area contributed by atoms with Crippen LogP contribution in [0, 0.1) is 0 Å². The van der Waals surface area contributed by atoms with Crippen molar-refractivity contribution in [2.24, 2.45) is 0 Å². The minimum Gasteiger partial charge on any atom is -0.477 e. The zero-order chi connectivity index (χ0) is 13.7. The van der Waals surface area contributed by atoms with Crippen molar-refractivity contribution in [1.29, 1.82) is 0 Å². The fourth-order valence-corrected chi connectivity index (χ4v) is 1.67. The third-order valence-electron chi connectivity index (χ3n) is 2.85. The summed E-state index contributed by atoms with van der Waals surface area (Å²) < 4.78 is 41.3. The highest BCUT2D eigenvalue weighted by Crippen LogP contribution is 2.23. The van der Waals surface area contributed by atoms with Crippen LogP contribution in [0.25, 0.3) is 0 Å². The Labute approximate surface area is 110 Å². The van der Waals surface area contributed by atoms with Crippen molar-refractivity contribution in [2.45, 2.75) is 44.4 Å². The van der Waals surface area contributed by atoms with Gasteiger partial charge in [-0.15, -0.1) is 0 Å². The number of pyridine rings is 1. The first-order valence-electron chi connectivity index (χ1n) is 6.41. The molecular formula is C13H17F3N2O. The van der Waals surface area contributed by atoms with Crippen LogP contribution in [0.1, 0.15) is 31.2 Å². The summed E-state index contributed by atoms with van der Waals surface area (Å²) in [7, 11) is 0. The number of halogens is 3. The van der Waals surface area contributed by atoms with Crippen LogP contribution in [-0.4, -0.2) is 23.8 Å². The van der Waals surface area contributed by atoms with E-state index in [-0.39, 0.29) is 13.0 Å². The van der Waals surface area contributed by atoms with Crippen molar-refractivity contribution in [1.82, 2.24) is 10.3 Å². The fraction of sp³-hybridized carbons (Fsp3) is 0.615. The van der Waals surface area contributed by atoms with Gasteiger partial charge in [-0.3, -0.25) is 0 Å². The molecule has 1 saturated carbocycles. The molecule has 2 rings (SSSR count). The normalized spacial score (nSPS) is 15.5. The maximum Gasteiger partial charge on any atom is 0.389 e. The first kappa shape index (κ1) is 14.1. The molecule has 1 N–H and O–H groups in total. The monoisotopic (exact) mass is 274 g/mol. The number of alkyl halides is 3. The zero-order valence-electron chi connectivity index (χ0n) is 10.5. The molecule has 6 heteroatoms. The number of hydrogen-bond donors (Lipinski definition) is 1. The molecule has 0 atom stereocenters. The van der Waals surface area contributed by atoms with Crippen LogP contribution < -0.4 is 10.1 Å². The highest BCUT2D eigenvalue weighted by molar-refractivity contribution is 5.25. The Balaban J connectivity index is 1.77. The molecule has 3 nitrogen and oxygen atoms in total. The number of ether oxygens (including phenoxy) is 1. The van der Waals surface area contributed by atoms with Gasteiger partial charge in [-0.25, -0.2) is 4.98 Å². The minimum atomic E-state index is -4.12. The van der Waals surface area contributed by atoms with Crippen molar-refractivity contribution in [3.05, 3.63) is 23.9 Å². The molecule has 0 amide bonds. The number of rotatable bonds is 7. The van der Waals surface area contributed by atoms with Gasteiger partial charge in [0.05, 0.1) is 6.61 Å². The summed E-state index contributed by atoms with van der Waals surface area (Å²) in [6.45, 7) is 0.681. The second kappa shape index (κ2) is 6.23. The van der Waals surface area contributed by atoms with Crippen LogP contribution in [0.4, 0.5) is 13.2 Å². The predicted octanol–water partition coefficient (Wildman–Crippen LogP) is 3.05. The van der Waals surface area contributed by atoms with E-state index in [4.69, 9.17) is 4.74 Å². The predicted molar refractivity (Wildman–Crippen MR) is 64.9 cm³/mol. The second-order valence-corrected chi connectivity index (χ2v) is 4.69. The summed E-state index contributed by atoms with van der Waals surface area (Å²) in [6.07, 6.45) is -1.04. The van der Waals surface area contributed by atoms with Crippen LogP contribution in [0.2, 0.25) is 0 Å². The third kappa shape index (κ3) is 5.46. The van der Waals surface area contributed by atoms with E-state index in [9.17, 15) is 13.2 Å². The quantitative estimate of drug-likeness (QED) is 0.776. The highest BCUT2D eigenvalue weighted by Gasteiger charge is 2.26. The van der Waals surface area contributed by atoms with Gasteiger partial charge in [0, 0.05) is 30.8 Å². The van der Waals surface area contributed by atoms with Gasteiger partial charge in [0.25, 0.3) is 0 Å². The van der Waals surface area contributed by atoms with Gasteiger partial charge in [-0.05, 0) is 25.3 Å². The summed E-state index contributed by atoms with van der Waals surface area (Å²) >= 11 is 0.